The number of carbonyl (C=O) groups is 2. The Hall–Kier alpha value is -2.95. The van der Waals surface area contributed by atoms with Crippen molar-refractivity contribution in [3.63, 3.8) is 0 Å². The van der Waals surface area contributed by atoms with Crippen molar-refractivity contribution in [2.75, 3.05) is 13.2 Å². The van der Waals surface area contributed by atoms with Crippen LogP contribution in [0.25, 0.3) is 6.08 Å². The van der Waals surface area contributed by atoms with E-state index in [2.05, 4.69) is 5.32 Å². The summed E-state index contributed by atoms with van der Waals surface area (Å²) in [6, 6.07) is 12.5. The van der Waals surface area contributed by atoms with Crippen LogP contribution >= 0.6 is 0 Å². The summed E-state index contributed by atoms with van der Waals surface area (Å²) in [5.74, 6) is -0.328. The van der Waals surface area contributed by atoms with Crippen LogP contribution in [-0.4, -0.2) is 24.8 Å². The third kappa shape index (κ3) is 5.35. The summed E-state index contributed by atoms with van der Waals surface area (Å²) in [4.78, 5) is 23.3. The second kappa shape index (κ2) is 8.62. The molecule has 0 saturated carbocycles. The van der Waals surface area contributed by atoms with E-state index in [1.54, 1.807) is 36.4 Å². The number of carbonyl (C=O) groups excluding carboxylic acids is 2. The Bertz CT molecular complexity index is 739. The van der Waals surface area contributed by atoms with Crippen LogP contribution in [0.2, 0.25) is 0 Å². The quantitative estimate of drug-likeness (QED) is 0.627. The van der Waals surface area contributed by atoms with Crippen molar-refractivity contribution in [1.29, 1.82) is 0 Å². The molecule has 0 heterocycles. The molecule has 0 atom stereocenters. The van der Waals surface area contributed by atoms with Crippen LogP contribution in [0.5, 0.6) is 5.75 Å². The second-order valence-corrected chi connectivity index (χ2v) is 5.02. The first-order valence-corrected chi connectivity index (χ1v) is 7.56. The van der Waals surface area contributed by atoms with E-state index in [0.717, 1.165) is 5.56 Å². The highest BCUT2D eigenvalue weighted by atomic mass is 19.1. The predicted molar refractivity (Wildman–Crippen MR) is 90.4 cm³/mol. The molecule has 1 amide bonds. The van der Waals surface area contributed by atoms with Crippen molar-refractivity contribution in [3.05, 3.63) is 71.6 Å². The SMILES string of the molecule is CCNC(=O)COc1ccc(C=CC(=O)c2cccc(F)c2)cc1. The third-order valence-electron chi connectivity index (χ3n) is 3.16. The molecular weight excluding hydrogens is 309 g/mol. The lowest BCUT2D eigenvalue weighted by molar-refractivity contribution is -0.122. The van der Waals surface area contributed by atoms with Gasteiger partial charge in [0.05, 0.1) is 0 Å². The Morgan fingerprint density at radius 2 is 1.92 bits per heavy atom. The molecule has 4 nitrogen and oxygen atoms in total. The normalized spacial score (nSPS) is 10.6. The molecule has 5 heteroatoms. The molecule has 0 aliphatic heterocycles. The monoisotopic (exact) mass is 327 g/mol. The molecule has 0 unspecified atom stereocenters. The summed E-state index contributed by atoms with van der Waals surface area (Å²) < 4.78 is 18.4. The van der Waals surface area contributed by atoms with Crippen LogP contribution < -0.4 is 10.1 Å². The zero-order valence-corrected chi connectivity index (χ0v) is 13.3. The Kier molecular flexibility index (Phi) is 6.25. The van der Waals surface area contributed by atoms with Crippen molar-refractivity contribution in [3.8, 4) is 5.75 Å². The minimum absolute atomic E-state index is 0.0406. The number of rotatable bonds is 7. The van der Waals surface area contributed by atoms with Gasteiger partial charge in [0.1, 0.15) is 11.6 Å². The van der Waals surface area contributed by atoms with Gasteiger partial charge in [-0.15, -0.1) is 0 Å². The Morgan fingerprint density at radius 3 is 2.58 bits per heavy atom. The molecule has 0 aromatic heterocycles. The van der Waals surface area contributed by atoms with Crippen LogP contribution in [0.4, 0.5) is 4.39 Å². The van der Waals surface area contributed by atoms with Crippen molar-refractivity contribution >= 4 is 17.8 Å². The van der Waals surface area contributed by atoms with Crippen molar-refractivity contribution < 1.29 is 18.7 Å². The Morgan fingerprint density at radius 1 is 1.17 bits per heavy atom. The number of ketones is 1. The van der Waals surface area contributed by atoms with Gasteiger partial charge in [0.2, 0.25) is 0 Å². The summed E-state index contributed by atoms with van der Waals surface area (Å²) in [7, 11) is 0. The van der Waals surface area contributed by atoms with Gasteiger partial charge in [-0.1, -0.05) is 30.3 Å². The van der Waals surface area contributed by atoms with E-state index < -0.39 is 5.82 Å². The van der Waals surface area contributed by atoms with Gasteiger partial charge >= 0.3 is 0 Å². The topological polar surface area (TPSA) is 55.4 Å². The smallest absolute Gasteiger partial charge is 0.257 e. The molecule has 0 spiro atoms. The van der Waals surface area contributed by atoms with E-state index in [-0.39, 0.29) is 18.3 Å². The minimum Gasteiger partial charge on any atom is -0.484 e. The van der Waals surface area contributed by atoms with Gasteiger partial charge in [-0.3, -0.25) is 9.59 Å². The summed E-state index contributed by atoms with van der Waals surface area (Å²) in [6.07, 6.45) is 3.03. The number of likely N-dealkylation sites (N-methyl/N-ethyl adjacent to an activating group) is 1. The van der Waals surface area contributed by atoms with Crippen molar-refractivity contribution in [2.24, 2.45) is 0 Å². The van der Waals surface area contributed by atoms with Gasteiger partial charge in [0, 0.05) is 12.1 Å². The Balaban J connectivity index is 1.93. The van der Waals surface area contributed by atoms with Gasteiger partial charge in [-0.25, -0.2) is 4.39 Å². The van der Waals surface area contributed by atoms with Gasteiger partial charge < -0.3 is 10.1 Å². The number of ether oxygens (including phenoxy) is 1. The van der Waals surface area contributed by atoms with Crippen molar-refractivity contribution in [2.45, 2.75) is 6.92 Å². The van der Waals surface area contributed by atoms with Gasteiger partial charge in [0.25, 0.3) is 5.91 Å². The number of hydrogen-bond donors (Lipinski definition) is 1. The van der Waals surface area contributed by atoms with Crippen molar-refractivity contribution in [1.82, 2.24) is 5.32 Å². The molecule has 0 radical (unpaired) electrons. The fourth-order valence-corrected chi connectivity index (χ4v) is 1.98. The maximum absolute atomic E-state index is 13.1. The molecule has 2 rings (SSSR count). The number of hydrogen-bond acceptors (Lipinski definition) is 3. The molecule has 124 valence electrons. The standard InChI is InChI=1S/C19H18FNO3/c1-2-21-19(23)13-24-17-9-6-14(7-10-17)8-11-18(22)15-4-3-5-16(20)12-15/h3-12H,2,13H2,1H3,(H,21,23). The molecule has 2 aromatic rings. The highest BCUT2D eigenvalue weighted by Gasteiger charge is 2.03. The van der Waals surface area contributed by atoms with E-state index in [0.29, 0.717) is 17.9 Å². The zero-order valence-electron chi connectivity index (χ0n) is 13.3. The van der Waals surface area contributed by atoms with Crippen LogP contribution in [-0.2, 0) is 4.79 Å². The first-order valence-electron chi connectivity index (χ1n) is 7.56. The molecule has 24 heavy (non-hydrogen) atoms. The van der Waals surface area contributed by atoms with Crippen LogP contribution in [0.15, 0.2) is 54.6 Å². The number of nitrogens with one attached hydrogen (secondary N) is 1. The average Bonchev–Trinajstić information content (AvgIpc) is 2.59. The lowest BCUT2D eigenvalue weighted by Gasteiger charge is -2.06. The second-order valence-electron chi connectivity index (χ2n) is 5.02. The van der Waals surface area contributed by atoms with E-state index in [4.69, 9.17) is 4.74 Å². The van der Waals surface area contributed by atoms with Crippen LogP contribution in [0, 0.1) is 5.82 Å². The largest absolute Gasteiger partial charge is 0.484 e. The van der Waals surface area contributed by atoms with E-state index in [1.165, 1.54) is 24.3 Å². The number of halogens is 1. The summed E-state index contributed by atoms with van der Waals surface area (Å²) in [5.41, 5.74) is 1.10. The summed E-state index contributed by atoms with van der Waals surface area (Å²) >= 11 is 0. The molecule has 0 saturated heterocycles. The lowest BCUT2D eigenvalue weighted by atomic mass is 10.1. The summed E-state index contributed by atoms with van der Waals surface area (Å²) in [5, 5.41) is 2.64. The molecule has 0 aliphatic carbocycles. The summed E-state index contributed by atoms with van der Waals surface area (Å²) in [6.45, 7) is 2.36. The minimum atomic E-state index is -0.442. The highest BCUT2D eigenvalue weighted by molar-refractivity contribution is 6.06. The molecule has 0 aliphatic rings. The zero-order chi connectivity index (χ0) is 17.4. The first kappa shape index (κ1) is 17.4. The maximum Gasteiger partial charge on any atom is 0.257 e. The molecule has 2 aromatic carbocycles. The number of allylic oxidation sites excluding steroid dienone is 1. The average molecular weight is 327 g/mol. The first-order chi connectivity index (χ1) is 11.6. The molecular formula is C19H18FNO3. The van der Waals surface area contributed by atoms with E-state index >= 15 is 0 Å². The number of amides is 1. The van der Waals surface area contributed by atoms with Crippen LogP contribution in [0.3, 0.4) is 0 Å². The number of benzene rings is 2. The molecule has 0 bridgehead atoms. The molecule has 0 fully saturated rings. The maximum atomic E-state index is 13.1. The van der Waals surface area contributed by atoms with Gasteiger partial charge in [0.15, 0.2) is 12.4 Å². The highest BCUT2D eigenvalue weighted by Crippen LogP contribution is 2.14. The lowest BCUT2D eigenvalue weighted by Crippen LogP contribution is -2.28. The fourth-order valence-electron chi connectivity index (χ4n) is 1.98. The van der Waals surface area contributed by atoms with E-state index in [1.807, 2.05) is 6.92 Å². The molecule has 1 N–H and O–H groups in total. The fraction of sp³-hybridized carbons (Fsp3) is 0.158. The van der Waals surface area contributed by atoms with Crippen LogP contribution in [0.1, 0.15) is 22.8 Å². The third-order valence-corrected chi connectivity index (χ3v) is 3.16. The van der Waals surface area contributed by atoms with E-state index in [9.17, 15) is 14.0 Å². The van der Waals surface area contributed by atoms with Gasteiger partial charge in [-0.05, 0) is 42.8 Å². The Labute approximate surface area is 140 Å². The predicted octanol–water partition coefficient (Wildman–Crippen LogP) is 3.24. The van der Waals surface area contributed by atoms with Gasteiger partial charge in [-0.2, -0.15) is 0 Å².